The number of aliphatic hydroxyl groups is 1. The summed E-state index contributed by atoms with van der Waals surface area (Å²) >= 11 is 0. The van der Waals surface area contributed by atoms with E-state index in [0.717, 1.165) is 18.4 Å². The Morgan fingerprint density at radius 2 is 1.33 bits per heavy atom. The first kappa shape index (κ1) is 11.4. The Hall–Kier alpha value is -0.0400. The second-order valence-electron chi connectivity index (χ2n) is 5.45. The molecule has 1 heteroatoms. The van der Waals surface area contributed by atoms with E-state index in [-0.39, 0.29) is 0 Å². The topological polar surface area (TPSA) is 20.2 Å². The summed E-state index contributed by atoms with van der Waals surface area (Å²) in [5.41, 5.74) is 0. The first-order chi connectivity index (χ1) is 7.38. The Balaban J connectivity index is 1.87. The Labute approximate surface area is 94.3 Å². The van der Waals surface area contributed by atoms with Crippen LogP contribution >= 0.6 is 0 Å². The summed E-state index contributed by atoms with van der Waals surface area (Å²) in [6.45, 7) is 0. The third kappa shape index (κ3) is 3.21. The average Bonchev–Trinajstić information content (AvgIpc) is 2.19. The van der Waals surface area contributed by atoms with Gasteiger partial charge in [0.05, 0.1) is 6.10 Å². The molecule has 0 bridgehead atoms. The molecule has 2 aliphatic rings. The van der Waals surface area contributed by atoms with Crippen LogP contribution in [0.4, 0.5) is 0 Å². The van der Waals surface area contributed by atoms with Gasteiger partial charge in [-0.3, -0.25) is 0 Å². The van der Waals surface area contributed by atoms with Crippen molar-refractivity contribution in [2.24, 2.45) is 11.8 Å². The highest BCUT2D eigenvalue weighted by molar-refractivity contribution is 4.92. The summed E-state index contributed by atoms with van der Waals surface area (Å²) in [5.74, 6) is 1.38. The average molecular weight is 209 g/mol. The van der Waals surface area contributed by atoms with Crippen LogP contribution in [0.1, 0.15) is 70.6 Å². The van der Waals surface area contributed by atoms with Crippen LogP contribution in [0.3, 0.4) is 0 Å². The molecule has 0 aromatic rings. The van der Waals surface area contributed by atoms with Crippen LogP contribution in [0.5, 0.6) is 0 Å². The van der Waals surface area contributed by atoms with Gasteiger partial charge in [0.2, 0.25) is 0 Å². The number of aliphatic hydroxyl groups excluding tert-OH is 1. The van der Waals surface area contributed by atoms with Gasteiger partial charge in [-0.15, -0.1) is 0 Å². The van der Waals surface area contributed by atoms with Crippen molar-refractivity contribution in [1.82, 2.24) is 0 Å². The molecule has 87 valence electrons. The minimum atomic E-state index is 0.567. The summed E-state index contributed by atoms with van der Waals surface area (Å²) in [4.78, 5) is 0. The predicted octanol–water partition coefficient (Wildman–Crippen LogP) is 4.44. The Morgan fingerprint density at radius 3 is 2.00 bits per heavy atom. The number of hydrogen-bond acceptors (Lipinski definition) is 1. The summed E-state index contributed by atoms with van der Waals surface area (Å²) in [6, 6.07) is 0. The van der Waals surface area contributed by atoms with Gasteiger partial charge in [-0.1, -0.05) is 57.8 Å². The third-order valence-corrected chi connectivity index (χ3v) is 4.34. The first-order valence-electron chi connectivity index (χ1n) is 6.92. The van der Waals surface area contributed by atoms with Gasteiger partial charge in [0.25, 0.3) is 0 Å². The standard InChI is InChI=1S/C14H25O/c15-14-11-7-6-10-13(14)12-8-4-2-1-3-5-9-12/h12-13,15H,1-11H2. The van der Waals surface area contributed by atoms with Gasteiger partial charge in [0.1, 0.15) is 0 Å². The lowest BCUT2D eigenvalue weighted by atomic mass is 9.73. The minimum Gasteiger partial charge on any atom is -0.387 e. The highest BCUT2D eigenvalue weighted by Crippen LogP contribution is 2.40. The largest absolute Gasteiger partial charge is 0.387 e. The summed E-state index contributed by atoms with van der Waals surface area (Å²) in [6.07, 6.45) is 15.5. The molecule has 0 aliphatic heterocycles. The van der Waals surface area contributed by atoms with E-state index in [1.165, 1.54) is 64.2 Å². The molecule has 1 radical (unpaired) electrons. The molecule has 0 saturated heterocycles. The van der Waals surface area contributed by atoms with Crippen LogP contribution in [-0.4, -0.2) is 5.11 Å². The van der Waals surface area contributed by atoms with Crippen molar-refractivity contribution in [3.63, 3.8) is 0 Å². The maximum atomic E-state index is 10.0. The molecule has 1 N–H and O–H groups in total. The molecule has 2 rings (SSSR count). The minimum absolute atomic E-state index is 0.567. The molecule has 1 unspecified atom stereocenters. The van der Waals surface area contributed by atoms with E-state index < -0.39 is 0 Å². The molecule has 0 aromatic carbocycles. The van der Waals surface area contributed by atoms with Crippen LogP contribution in [0.2, 0.25) is 0 Å². The smallest absolute Gasteiger partial charge is 0.0966 e. The molecule has 1 atom stereocenters. The normalized spacial score (nSPS) is 32.2. The quantitative estimate of drug-likeness (QED) is 0.677. The molecular formula is C14H25O. The van der Waals surface area contributed by atoms with Crippen LogP contribution in [-0.2, 0) is 0 Å². The van der Waals surface area contributed by atoms with Gasteiger partial charge in [-0.2, -0.15) is 0 Å². The lowest BCUT2D eigenvalue weighted by molar-refractivity contribution is 0.116. The Bertz CT molecular complexity index is 170. The van der Waals surface area contributed by atoms with Crippen LogP contribution in [0.15, 0.2) is 0 Å². The van der Waals surface area contributed by atoms with E-state index in [1.54, 1.807) is 0 Å². The fourth-order valence-corrected chi connectivity index (χ4v) is 3.42. The third-order valence-electron chi connectivity index (χ3n) is 4.34. The molecule has 0 amide bonds. The molecule has 2 saturated carbocycles. The molecule has 0 heterocycles. The summed E-state index contributed by atoms with van der Waals surface area (Å²) < 4.78 is 0. The fraction of sp³-hybridized carbons (Fsp3) is 0.929. The van der Waals surface area contributed by atoms with Crippen molar-refractivity contribution >= 4 is 0 Å². The fourth-order valence-electron chi connectivity index (χ4n) is 3.42. The summed E-state index contributed by atoms with van der Waals surface area (Å²) in [5, 5.41) is 10.0. The molecule has 2 fully saturated rings. The SMILES string of the molecule is O[C]1CCCCC1C1CCCCCCC1. The van der Waals surface area contributed by atoms with Crippen molar-refractivity contribution in [2.45, 2.75) is 70.6 Å². The van der Waals surface area contributed by atoms with Gasteiger partial charge >= 0.3 is 0 Å². The monoisotopic (exact) mass is 209 g/mol. The van der Waals surface area contributed by atoms with Crippen LogP contribution < -0.4 is 0 Å². The van der Waals surface area contributed by atoms with Gasteiger partial charge in [-0.25, -0.2) is 0 Å². The second kappa shape index (κ2) is 5.89. The molecule has 0 aromatic heterocycles. The van der Waals surface area contributed by atoms with Crippen molar-refractivity contribution in [3.8, 4) is 0 Å². The maximum Gasteiger partial charge on any atom is 0.0966 e. The van der Waals surface area contributed by atoms with Gasteiger partial charge in [0, 0.05) is 0 Å². The van der Waals surface area contributed by atoms with E-state index in [0.29, 0.717) is 5.92 Å². The van der Waals surface area contributed by atoms with E-state index in [9.17, 15) is 5.11 Å². The summed E-state index contributed by atoms with van der Waals surface area (Å²) in [7, 11) is 0. The molecular weight excluding hydrogens is 184 g/mol. The Kier molecular flexibility index (Phi) is 4.49. The first-order valence-corrected chi connectivity index (χ1v) is 6.92. The predicted molar refractivity (Wildman–Crippen MR) is 62.9 cm³/mol. The Morgan fingerprint density at radius 1 is 0.733 bits per heavy atom. The molecule has 15 heavy (non-hydrogen) atoms. The van der Waals surface area contributed by atoms with Crippen LogP contribution in [0, 0.1) is 17.9 Å². The second-order valence-corrected chi connectivity index (χ2v) is 5.45. The lowest BCUT2D eigenvalue weighted by Gasteiger charge is -2.34. The zero-order valence-corrected chi connectivity index (χ0v) is 9.88. The zero-order chi connectivity index (χ0) is 10.5. The lowest BCUT2D eigenvalue weighted by Crippen LogP contribution is -2.26. The van der Waals surface area contributed by atoms with Crippen LogP contribution in [0.25, 0.3) is 0 Å². The highest BCUT2D eigenvalue weighted by atomic mass is 16.3. The van der Waals surface area contributed by atoms with Crippen molar-refractivity contribution < 1.29 is 5.11 Å². The van der Waals surface area contributed by atoms with Gasteiger partial charge in [0.15, 0.2) is 0 Å². The molecule has 0 spiro atoms. The zero-order valence-electron chi connectivity index (χ0n) is 9.88. The van der Waals surface area contributed by atoms with Crippen molar-refractivity contribution in [3.05, 3.63) is 6.10 Å². The van der Waals surface area contributed by atoms with E-state index in [2.05, 4.69) is 0 Å². The number of hydrogen-bond donors (Lipinski definition) is 1. The van der Waals surface area contributed by atoms with E-state index >= 15 is 0 Å². The van der Waals surface area contributed by atoms with E-state index in [4.69, 9.17) is 0 Å². The number of rotatable bonds is 1. The highest BCUT2D eigenvalue weighted by Gasteiger charge is 2.30. The van der Waals surface area contributed by atoms with Gasteiger partial charge in [-0.05, 0) is 24.7 Å². The van der Waals surface area contributed by atoms with Gasteiger partial charge < -0.3 is 5.11 Å². The molecule has 1 nitrogen and oxygen atoms in total. The van der Waals surface area contributed by atoms with E-state index in [1.807, 2.05) is 0 Å². The maximum absolute atomic E-state index is 10.0. The van der Waals surface area contributed by atoms with Crippen molar-refractivity contribution in [1.29, 1.82) is 0 Å². The van der Waals surface area contributed by atoms with Crippen molar-refractivity contribution in [2.75, 3.05) is 0 Å². The molecule has 2 aliphatic carbocycles.